The van der Waals surface area contributed by atoms with E-state index in [1.807, 2.05) is 18.2 Å². The lowest BCUT2D eigenvalue weighted by Crippen LogP contribution is -2.52. The van der Waals surface area contributed by atoms with Gasteiger partial charge in [0.1, 0.15) is 36.4 Å². The summed E-state index contributed by atoms with van der Waals surface area (Å²) in [6.07, 6.45) is 1.04. The molecule has 7 heterocycles. The monoisotopic (exact) mass is 1090 g/mol. The number of hydrogen-bond acceptors (Lipinski definition) is 15. The summed E-state index contributed by atoms with van der Waals surface area (Å²) in [5.41, 5.74) is 12.4. The Morgan fingerprint density at radius 1 is 0.974 bits per heavy atom. The number of nitrogens with two attached hydrogens (primary N) is 1. The number of phosphoric acid groups is 1. The normalized spacial score (nSPS) is 24.6. The molecule has 5 aliphatic rings. The summed E-state index contributed by atoms with van der Waals surface area (Å²) >= 11 is 0. The molecule has 0 spiro atoms. The van der Waals surface area contributed by atoms with Gasteiger partial charge in [-0.25, -0.2) is 9.56 Å². The van der Waals surface area contributed by atoms with Gasteiger partial charge in [0.25, 0.3) is 19.3 Å². The number of anilines is 3. The second-order valence-electron chi connectivity index (χ2n) is 23.0. The van der Waals surface area contributed by atoms with Gasteiger partial charge in [-0.1, -0.05) is 44.9 Å². The van der Waals surface area contributed by atoms with E-state index in [0.717, 1.165) is 78.6 Å². The first-order valence-corrected chi connectivity index (χ1v) is 29.1. The van der Waals surface area contributed by atoms with Crippen molar-refractivity contribution in [1.82, 2.24) is 34.3 Å². The van der Waals surface area contributed by atoms with Crippen LogP contribution in [0.15, 0.2) is 53.3 Å². The van der Waals surface area contributed by atoms with Crippen molar-refractivity contribution in [1.29, 1.82) is 0 Å². The number of nitrogens with zero attached hydrogens (tertiary/aromatic N) is 6. The second kappa shape index (κ2) is 21.5. The number of carbonyl (C=O) groups excluding carboxylic acids is 2. The van der Waals surface area contributed by atoms with Crippen molar-refractivity contribution in [3.05, 3.63) is 97.3 Å². The first-order chi connectivity index (χ1) is 37.1. The van der Waals surface area contributed by atoms with E-state index < -0.39 is 37.9 Å². The number of ether oxygens (including phenoxy) is 2. The molecule has 10 rings (SSSR count). The summed E-state index contributed by atoms with van der Waals surface area (Å²) in [4.78, 5) is 67.9. The van der Waals surface area contributed by atoms with Gasteiger partial charge < -0.3 is 54.7 Å². The minimum absolute atomic E-state index is 0.0259. The molecule has 5 aliphatic heterocycles. The fourth-order valence-electron chi connectivity index (χ4n) is 13.0. The lowest BCUT2D eigenvalue weighted by molar-refractivity contribution is -0.245. The fourth-order valence-corrected chi connectivity index (χ4v) is 14.0. The zero-order valence-electron chi connectivity index (χ0n) is 46.3. The van der Waals surface area contributed by atoms with Crippen molar-refractivity contribution >= 4 is 54.0 Å². The molecule has 2 amide bonds. The topological polar surface area (TPSA) is 255 Å². The van der Waals surface area contributed by atoms with Crippen LogP contribution in [0.5, 0.6) is 11.5 Å². The number of amides is 2. The molecule has 78 heavy (non-hydrogen) atoms. The molecule has 3 aromatic carbocycles. The van der Waals surface area contributed by atoms with Crippen molar-refractivity contribution in [3.63, 3.8) is 0 Å². The van der Waals surface area contributed by atoms with Gasteiger partial charge in [0.05, 0.1) is 12.7 Å². The highest BCUT2D eigenvalue weighted by Gasteiger charge is 2.51. The van der Waals surface area contributed by atoms with Crippen LogP contribution in [0, 0.1) is 0 Å². The maximum absolute atomic E-state index is 14.7. The van der Waals surface area contributed by atoms with Gasteiger partial charge in [0.15, 0.2) is 22.9 Å². The van der Waals surface area contributed by atoms with Crippen LogP contribution in [0.3, 0.4) is 0 Å². The molecule has 6 N–H and O–H groups in total. The van der Waals surface area contributed by atoms with Gasteiger partial charge >= 0.3 is 0 Å². The summed E-state index contributed by atoms with van der Waals surface area (Å²) in [7, 11) is -2.83. The van der Waals surface area contributed by atoms with Crippen molar-refractivity contribution in [2.45, 2.75) is 154 Å². The number of hydrogen-bond donors (Lipinski definition) is 5. The molecular formula is C57H75N10O10P. The number of aliphatic hydroxyl groups excluding tert-OH is 1. The van der Waals surface area contributed by atoms with Crippen LogP contribution in [-0.2, 0) is 23.1 Å². The number of nitrogen functional groups attached to an aromatic ring is 1. The molecule has 2 fully saturated rings. The van der Waals surface area contributed by atoms with E-state index in [2.05, 4.69) is 121 Å². The number of aromatic amines is 1. The number of benzene rings is 3. The van der Waals surface area contributed by atoms with Crippen molar-refractivity contribution < 1.29 is 42.7 Å². The third kappa shape index (κ3) is 10.4. The summed E-state index contributed by atoms with van der Waals surface area (Å²) in [6, 6.07) is 17.0. The number of carbonyl (C=O) groups is 2. The highest BCUT2D eigenvalue weighted by molar-refractivity contribution is 7.45. The highest BCUT2D eigenvalue weighted by Crippen LogP contribution is 2.51. The summed E-state index contributed by atoms with van der Waals surface area (Å²) in [6.45, 7) is 21.1. The molecule has 2 aromatic heterocycles. The Hall–Kier alpha value is -6.15. The molecule has 0 aliphatic carbocycles. The summed E-state index contributed by atoms with van der Waals surface area (Å²) in [5, 5.41) is 19.6. The second-order valence-corrected chi connectivity index (χ2v) is 24.3. The maximum atomic E-state index is 14.7. The average molecular weight is 1090 g/mol. The molecule has 5 aromatic rings. The van der Waals surface area contributed by atoms with E-state index in [1.54, 1.807) is 11.9 Å². The van der Waals surface area contributed by atoms with Gasteiger partial charge in [0.2, 0.25) is 23.2 Å². The Kier molecular flexibility index (Phi) is 15.2. The van der Waals surface area contributed by atoms with Gasteiger partial charge in [-0.2, -0.15) is 4.98 Å². The number of fused-ring (bicyclic) bond motifs is 6. The highest BCUT2D eigenvalue weighted by atomic mass is 31.2. The molecule has 418 valence electrons. The number of aromatic nitrogens is 4. The van der Waals surface area contributed by atoms with Crippen LogP contribution in [0.2, 0.25) is 0 Å². The molecule has 3 unspecified atom stereocenters. The van der Waals surface area contributed by atoms with E-state index in [9.17, 15) is 28.9 Å². The molecular weight excluding hydrogens is 1020 g/mol. The third-order valence-corrected chi connectivity index (χ3v) is 17.5. The molecule has 0 radical (unpaired) electrons. The van der Waals surface area contributed by atoms with Crippen LogP contribution in [-0.4, -0.2) is 117 Å². The number of imidazole rings is 1. The fraction of sp³-hybridized carbons (Fsp3) is 0.544. The molecule has 7 atom stereocenters. The molecule has 2 saturated heterocycles. The Balaban J connectivity index is 0.776. The quantitative estimate of drug-likeness (QED) is 0.0414. The minimum atomic E-state index is -4.63. The molecule has 21 heteroatoms. The van der Waals surface area contributed by atoms with Gasteiger partial charge in [-0.05, 0) is 108 Å². The zero-order chi connectivity index (χ0) is 55.6. The third-order valence-electron chi connectivity index (χ3n) is 16.5. The van der Waals surface area contributed by atoms with E-state index in [1.165, 1.54) is 26.7 Å². The van der Waals surface area contributed by atoms with Crippen LogP contribution >= 0.6 is 7.82 Å². The van der Waals surface area contributed by atoms with Crippen molar-refractivity contribution in [3.8, 4) is 11.5 Å². The van der Waals surface area contributed by atoms with E-state index >= 15 is 0 Å². The standard InChI is InChI=1S/C57H75N10O10P/c1-10-65-40-27-42-38(25-36(40)32(3)29-56(65,5)6)46(39-26-37-33(4)30-57(7,8)66(11-2)41(37)28-43(39)75-42)34-19-14-15-20-35(34)52(71)64(9)24-18-21-45(68)59-22-16-12-13-17-23-60-55-61-47-50(62-54(58)63-51(47)70)67(55)53-48(69)49-44(76-53)31-74-78(72,73)77-49/h14-15,19-20,25-28,32-33,44,48-49,53,69H,10-13,16-18,21-24,29-31H2,1-9H3,(H5,58,59,63,68,70,71,72,73)/t32?,33?,44-,48-,49-,53-/m1/s1. The smallest absolute Gasteiger partial charge is 0.280 e. The van der Waals surface area contributed by atoms with Crippen LogP contribution in [0.4, 0.5) is 17.6 Å². The number of nitrogens with one attached hydrogen (secondary N) is 3. The average Bonchev–Trinajstić information content (AvgIpc) is 4.04. The largest absolute Gasteiger partial charge is 0.756 e. The first kappa shape index (κ1) is 55.2. The van der Waals surface area contributed by atoms with Gasteiger partial charge in [-0.3, -0.25) is 28.5 Å². The van der Waals surface area contributed by atoms with Crippen molar-refractivity contribution in [2.75, 3.05) is 62.3 Å². The Bertz CT molecular complexity index is 3410. The SMILES string of the molecule is CCN1c2cc3c(cc2C(C)CC1(C)C)C(c1ccccc1C(=O)N(C)CCCC(=O)NCCCCCCNc1nc2c(=O)[nH]c(N)nc2n1[C@@H]1O[C@@H]2COP(=O)([O-])O[C@H]2[C@H]1O)=c1cc2c(cc1O3)=[N+](CC)C(C)(C)CC2C. The van der Waals surface area contributed by atoms with E-state index in [0.29, 0.717) is 49.9 Å². The van der Waals surface area contributed by atoms with E-state index in [4.69, 9.17) is 24.3 Å². The number of unbranched alkanes of at least 4 members (excludes halogenated alkanes) is 3. The molecule has 0 bridgehead atoms. The summed E-state index contributed by atoms with van der Waals surface area (Å²) < 4.78 is 38.7. The van der Waals surface area contributed by atoms with Gasteiger partial charge in [-0.15, -0.1) is 0 Å². The minimum Gasteiger partial charge on any atom is -0.756 e. The predicted molar refractivity (Wildman–Crippen MR) is 296 cm³/mol. The number of aliphatic hydroxyl groups is 1. The number of phosphoric ester groups is 1. The Morgan fingerprint density at radius 3 is 2.47 bits per heavy atom. The number of rotatable bonds is 17. The lowest BCUT2D eigenvalue weighted by Gasteiger charge is -2.47. The molecule has 20 nitrogen and oxygen atoms in total. The van der Waals surface area contributed by atoms with Crippen LogP contribution in [0.25, 0.3) is 16.7 Å². The first-order valence-electron chi connectivity index (χ1n) is 27.7. The number of H-pyrrole nitrogens is 1. The molecule has 0 saturated carbocycles. The Labute approximate surface area is 454 Å². The van der Waals surface area contributed by atoms with Crippen LogP contribution < -0.4 is 51.6 Å². The summed E-state index contributed by atoms with van der Waals surface area (Å²) in [5.74, 6) is 2.00. The maximum Gasteiger partial charge on any atom is 0.280 e. The van der Waals surface area contributed by atoms with Crippen LogP contribution in [0.1, 0.15) is 157 Å². The van der Waals surface area contributed by atoms with Gasteiger partial charge in [0, 0.05) is 90.8 Å². The van der Waals surface area contributed by atoms with E-state index in [-0.39, 0.29) is 59.0 Å². The lowest BCUT2D eigenvalue weighted by atomic mass is 9.77. The van der Waals surface area contributed by atoms with Crippen molar-refractivity contribution in [2.24, 2.45) is 0 Å². The predicted octanol–water partition coefficient (Wildman–Crippen LogP) is 5.75. The Morgan fingerprint density at radius 2 is 1.72 bits per heavy atom. The zero-order valence-corrected chi connectivity index (χ0v) is 47.2.